The van der Waals surface area contributed by atoms with E-state index in [1.165, 1.54) is 0 Å². The van der Waals surface area contributed by atoms with Crippen LogP contribution in [-0.4, -0.2) is 48.2 Å². The van der Waals surface area contributed by atoms with Gasteiger partial charge in [-0.2, -0.15) is 0 Å². The Bertz CT molecular complexity index is 367. The first kappa shape index (κ1) is 17.7. The van der Waals surface area contributed by atoms with Crippen LogP contribution in [0, 0.1) is 11.8 Å². The molecule has 0 aliphatic heterocycles. The van der Waals surface area contributed by atoms with Gasteiger partial charge in [0.05, 0.1) is 5.92 Å². The Kier molecular flexibility index (Phi) is 8.05. The molecule has 5 nitrogen and oxygen atoms in total. The van der Waals surface area contributed by atoms with Gasteiger partial charge in [0.15, 0.2) is 0 Å². The minimum absolute atomic E-state index is 0.00286. The fourth-order valence-electron chi connectivity index (χ4n) is 2.48. The molecule has 0 saturated carbocycles. The third-order valence-electron chi connectivity index (χ3n) is 3.77. The predicted molar refractivity (Wildman–Crippen MR) is 81.0 cm³/mol. The molecule has 2 atom stereocenters. The summed E-state index contributed by atoms with van der Waals surface area (Å²) in [6, 6.07) is 0. The number of hydrogen-bond donors (Lipinski definition) is 1. The van der Waals surface area contributed by atoms with Gasteiger partial charge in [-0.1, -0.05) is 19.1 Å². The fourth-order valence-corrected chi connectivity index (χ4v) is 2.48. The Labute approximate surface area is 127 Å². The second-order valence-corrected chi connectivity index (χ2v) is 5.56. The minimum atomic E-state index is -0.860. The molecule has 1 aliphatic carbocycles. The molecule has 0 aromatic carbocycles. The number of carbonyl (C=O) groups excluding carboxylic acids is 1. The molecule has 0 spiro atoms. The van der Waals surface area contributed by atoms with Crippen LogP contribution in [0.25, 0.3) is 0 Å². The van der Waals surface area contributed by atoms with E-state index < -0.39 is 11.9 Å². The quantitative estimate of drug-likeness (QED) is 0.524. The molecule has 0 bridgehead atoms. The predicted octanol–water partition coefficient (Wildman–Crippen LogP) is 2.32. The molecule has 0 saturated heterocycles. The zero-order valence-electron chi connectivity index (χ0n) is 13.1. The number of hydrogen-bond acceptors (Lipinski definition) is 3. The van der Waals surface area contributed by atoms with Crippen molar-refractivity contribution in [1.82, 2.24) is 4.90 Å². The number of nitrogens with zero attached hydrogens (tertiary/aromatic N) is 1. The van der Waals surface area contributed by atoms with Crippen LogP contribution < -0.4 is 0 Å². The molecule has 2 unspecified atom stereocenters. The molecule has 5 heteroatoms. The van der Waals surface area contributed by atoms with Crippen LogP contribution in [0.2, 0.25) is 0 Å². The highest BCUT2D eigenvalue weighted by molar-refractivity contribution is 5.80. The maximum Gasteiger partial charge on any atom is 0.308 e. The maximum absolute atomic E-state index is 12.6. The Balaban J connectivity index is 2.58. The summed E-state index contributed by atoms with van der Waals surface area (Å²) in [5.74, 6) is -1.31. The third-order valence-corrected chi connectivity index (χ3v) is 3.77. The third kappa shape index (κ3) is 6.29. The first-order valence-corrected chi connectivity index (χ1v) is 7.80. The van der Waals surface area contributed by atoms with Crippen molar-refractivity contribution in [1.29, 1.82) is 0 Å². The number of rotatable bonds is 9. The fraction of sp³-hybridized carbons (Fsp3) is 0.750. The lowest BCUT2D eigenvalue weighted by atomic mass is 9.92. The molecule has 0 aromatic rings. The normalized spacial score (nSPS) is 19.2. The molecule has 0 aromatic heterocycles. The van der Waals surface area contributed by atoms with E-state index in [1.807, 2.05) is 13.0 Å². The molecule has 0 radical (unpaired) electrons. The second kappa shape index (κ2) is 9.55. The van der Waals surface area contributed by atoms with Gasteiger partial charge in [-0.25, -0.2) is 0 Å². The van der Waals surface area contributed by atoms with E-state index in [0.717, 1.165) is 25.7 Å². The van der Waals surface area contributed by atoms with E-state index in [2.05, 4.69) is 6.08 Å². The van der Waals surface area contributed by atoms with Crippen molar-refractivity contribution >= 4 is 11.9 Å². The molecule has 120 valence electrons. The van der Waals surface area contributed by atoms with Crippen LogP contribution in [-0.2, 0) is 14.3 Å². The molecule has 0 fully saturated rings. The average molecular weight is 297 g/mol. The molecule has 1 N–H and O–H groups in total. The summed E-state index contributed by atoms with van der Waals surface area (Å²) in [7, 11) is 0. The van der Waals surface area contributed by atoms with E-state index in [4.69, 9.17) is 9.84 Å². The van der Waals surface area contributed by atoms with Crippen molar-refractivity contribution in [2.24, 2.45) is 11.8 Å². The molecule has 1 amide bonds. The van der Waals surface area contributed by atoms with Gasteiger partial charge in [-0.3, -0.25) is 9.59 Å². The Morgan fingerprint density at radius 1 is 1.43 bits per heavy atom. The van der Waals surface area contributed by atoms with Crippen molar-refractivity contribution in [2.75, 3.05) is 26.3 Å². The van der Waals surface area contributed by atoms with Gasteiger partial charge < -0.3 is 14.7 Å². The summed E-state index contributed by atoms with van der Waals surface area (Å²) in [5.41, 5.74) is 0. The lowest BCUT2D eigenvalue weighted by Crippen LogP contribution is -2.41. The number of amides is 1. The van der Waals surface area contributed by atoms with Gasteiger partial charge in [-0.05, 0) is 32.6 Å². The first-order valence-electron chi connectivity index (χ1n) is 7.80. The van der Waals surface area contributed by atoms with Gasteiger partial charge in [0.1, 0.15) is 0 Å². The van der Waals surface area contributed by atoms with Gasteiger partial charge in [-0.15, -0.1) is 0 Å². The van der Waals surface area contributed by atoms with E-state index in [-0.39, 0.29) is 18.4 Å². The maximum atomic E-state index is 12.6. The standard InChI is InChI=1S/C16H27NO4/c1-3-21-11-7-10-17(12-13(2)16(19)20)15(18)14-8-5-4-6-9-14/h4-5,13-14H,3,6-12H2,1-2H3,(H,19,20). The Morgan fingerprint density at radius 3 is 2.76 bits per heavy atom. The van der Waals surface area contributed by atoms with Crippen LogP contribution in [0.1, 0.15) is 39.5 Å². The number of carboxylic acids is 1. The van der Waals surface area contributed by atoms with Gasteiger partial charge in [0.25, 0.3) is 0 Å². The van der Waals surface area contributed by atoms with Crippen LogP contribution in [0.5, 0.6) is 0 Å². The number of ether oxygens (including phenoxy) is 1. The zero-order valence-corrected chi connectivity index (χ0v) is 13.1. The highest BCUT2D eigenvalue weighted by Crippen LogP contribution is 2.21. The van der Waals surface area contributed by atoms with Crippen molar-refractivity contribution < 1.29 is 19.4 Å². The average Bonchev–Trinajstić information content (AvgIpc) is 2.50. The Hall–Kier alpha value is -1.36. The number of carbonyl (C=O) groups is 2. The highest BCUT2D eigenvalue weighted by Gasteiger charge is 2.26. The number of aliphatic carboxylic acids is 1. The lowest BCUT2D eigenvalue weighted by Gasteiger charge is -2.29. The summed E-state index contributed by atoms with van der Waals surface area (Å²) in [6.07, 6.45) is 7.45. The van der Waals surface area contributed by atoms with E-state index in [9.17, 15) is 9.59 Å². The zero-order chi connectivity index (χ0) is 15.7. The summed E-state index contributed by atoms with van der Waals surface area (Å²) in [6.45, 7) is 5.69. The molecular weight excluding hydrogens is 270 g/mol. The van der Waals surface area contributed by atoms with Crippen LogP contribution in [0.3, 0.4) is 0 Å². The van der Waals surface area contributed by atoms with Gasteiger partial charge in [0.2, 0.25) is 5.91 Å². The SMILES string of the molecule is CCOCCCN(CC(C)C(=O)O)C(=O)C1CC=CCC1. The van der Waals surface area contributed by atoms with Crippen LogP contribution in [0.4, 0.5) is 0 Å². The number of carboxylic acid groups (broad SMARTS) is 1. The number of allylic oxidation sites excluding steroid dienone is 2. The molecule has 1 aliphatic rings. The van der Waals surface area contributed by atoms with Crippen LogP contribution in [0.15, 0.2) is 12.2 Å². The van der Waals surface area contributed by atoms with Crippen molar-refractivity contribution in [3.8, 4) is 0 Å². The summed E-state index contributed by atoms with van der Waals surface area (Å²) >= 11 is 0. The largest absolute Gasteiger partial charge is 0.481 e. The topological polar surface area (TPSA) is 66.8 Å². The highest BCUT2D eigenvalue weighted by atomic mass is 16.5. The van der Waals surface area contributed by atoms with E-state index in [1.54, 1.807) is 11.8 Å². The first-order chi connectivity index (χ1) is 10.1. The second-order valence-electron chi connectivity index (χ2n) is 5.56. The smallest absolute Gasteiger partial charge is 0.308 e. The monoisotopic (exact) mass is 297 g/mol. The minimum Gasteiger partial charge on any atom is -0.481 e. The summed E-state index contributed by atoms with van der Waals surface area (Å²) in [5, 5.41) is 9.06. The van der Waals surface area contributed by atoms with Gasteiger partial charge >= 0.3 is 5.97 Å². The van der Waals surface area contributed by atoms with Crippen molar-refractivity contribution in [2.45, 2.75) is 39.5 Å². The molecular formula is C16H27NO4. The van der Waals surface area contributed by atoms with Crippen molar-refractivity contribution in [3.63, 3.8) is 0 Å². The Morgan fingerprint density at radius 2 is 2.19 bits per heavy atom. The molecule has 1 rings (SSSR count). The van der Waals surface area contributed by atoms with E-state index >= 15 is 0 Å². The van der Waals surface area contributed by atoms with E-state index in [0.29, 0.717) is 19.8 Å². The van der Waals surface area contributed by atoms with Gasteiger partial charge in [0, 0.05) is 32.2 Å². The summed E-state index contributed by atoms with van der Waals surface area (Å²) in [4.78, 5) is 25.3. The molecule has 21 heavy (non-hydrogen) atoms. The lowest BCUT2D eigenvalue weighted by molar-refractivity contribution is -0.144. The summed E-state index contributed by atoms with van der Waals surface area (Å²) < 4.78 is 5.30. The van der Waals surface area contributed by atoms with Crippen molar-refractivity contribution in [3.05, 3.63) is 12.2 Å². The van der Waals surface area contributed by atoms with Crippen LogP contribution >= 0.6 is 0 Å². The molecule has 0 heterocycles.